The second kappa shape index (κ2) is 8.29. The van der Waals surface area contributed by atoms with E-state index in [2.05, 4.69) is 10.0 Å². The van der Waals surface area contributed by atoms with Gasteiger partial charge >= 0.3 is 0 Å². The number of amides is 1. The van der Waals surface area contributed by atoms with Crippen molar-refractivity contribution in [3.8, 4) is 10.4 Å². The van der Waals surface area contributed by atoms with E-state index in [9.17, 15) is 9.00 Å². The van der Waals surface area contributed by atoms with Crippen molar-refractivity contribution in [2.75, 3.05) is 4.72 Å². The maximum Gasteiger partial charge on any atom is 0.263 e. The Morgan fingerprint density at radius 2 is 1.79 bits per heavy atom. The van der Waals surface area contributed by atoms with Gasteiger partial charge in [0.15, 0.2) is 0 Å². The zero-order valence-electron chi connectivity index (χ0n) is 15.6. The molecule has 1 fully saturated rings. The smallest absolute Gasteiger partial charge is 0.263 e. The highest BCUT2D eigenvalue weighted by molar-refractivity contribution is 7.86. The zero-order chi connectivity index (χ0) is 19.5. The fourth-order valence-electron chi connectivity index (χ4n) is 3.00. The van der Waals surface area contributed by atoms with Gasteiger partial charge in [-0.15, -0.1) is 11.3 Å². The Labute approximate surface area is 171 Å². The van der Waals surface area contributed by atoms with Crippen LogP contribution in [-0.4, -0.2) is 16.2 Å². The van der Waals surface area contributed by atoms with Crippen LogP contribution in [0.4, 0.5) is 5.69 Å². The van der Waals surface area contributed by atoms with Crippen LogP contribution in [0.1, 0.15) is 34.5 Å². The van der Waals surface area contributed by atoms with Gasteiger partial charge in [0.25, 0.3) is 5.91 Å². The number of carbonyl (C=O) groups excluding carboxylic acids is 1. The van der Waals surface area contributed by atoms with Gasteiger partial charge in [-0.1, -0.05) is 48.0 Å². The van der Waals surface area contributed by atoms with Gasteiger partial charge in [-0.3, -0.25) is 9.52 Å². The summed E-state index contributed by atoms with van der Waals surface area (Å²) in [7, 11) is -1.44. The summed E-state index contributed by atoms with van der Waals surface area (Å²) < 4.78 is 15.9. The fraction of sp³-hybridized carbons (Fsp3) is 0.227. The minimum atomic E-state index is -1.44. The molecular formula is C22H22N2O2S2. The lowest BCUT2D eigenvalue weighted by atomic mass is 9.93. The maximum atomic E-state index is 12.8. The number of benzene rings is 2. The Morgan fingerprint density at radius 3 is 2.43 bits per heavy atom. The van der Waals surface area contributed by atoms with E-state index in [4.69, 9.17) is 0 Å². The standard InChI is InChI=1S/C22H22N2O2S2/c1-15-10-12-18(13-11-15)28(26)24-19-14-20(16-6-3-2-4-7-16)27-21(19)22(25)23-17-8-5-9-17/h2-4,6-7,10-14,17,24H,5,8-9H2,1H3,(H,23,25). The quantitative estimate of drug-likeness (QED) is 0.591. The molecule has 2 aromatic carbocycles. The molecule has 0 spiro atoms. The molecule has 144 valence electrons. The molecule has 0 aliphatic heterocycles. The van der Waals surface area contributed by atoms with E-state index < -0.39 is 11.0 Å². The average Bonchev–Trinajstić information content (AvgIpc) is 3.09. The lowest BCUT2D eigenvalue weighted by Crippen LogP contribution is -2.39. The van der Waals surface area contributed by atoms with E-state index in [1.807, 2.05) is 67.6 Å². The minimum absolute atomic E-state index is 0.0970. The Bertz CT molecular complexity index is 993. The van der Waals surface area contributed by atoms with Gasteiger partial charge in [-0.2, -0.15) is 0 Å². The number of rotatable bonds is 6. The maximum absolute atomic E-state index is 12.8. The Kier molecular flexibility index (Phi) is 5.59. The molecule has 1 heterocycles. The first kappa shape index (κ1) is 18.9. The van der Waals surface area contributed by atoms with E-state index in [0.29, 0.717) is 15.5 Å². The van der Waals surface area contributed by atoms with E-state index >= 15 is 0 Å². The first-order valence-electron chi connectivity index (χ1n) is 9.35. The summed E-state index contributed by atoms with van der Waals surface area (Å²) in [6, 6.07) is 19.7. The molecule has 4 rings (SSSR count). The van der Waals surface area contributed by atoms with Crippen molar-refractivity contribution in [3.63, 3.8) is 0 Å². The predicted octanol–water partition coefficient (Wildman–Crippen LogP) is 5.14. The molecule has 1 saturated carbocycles. The summed E-state index contributed by atoms with van der Waals surface area (Å²) >= 11 is 1.43. The monoisotopic (exact) mass is 410 g/mol. The number of thiophene rings is 1. The first-order valence-corrected chi connectivity index (χ1v) is 11.3. The molecule has 3 aromatic rings. The predicted molar refractivity (Wildman–Crippen MR) is 116 cm³/mol. The summed E-state index contributed by atoms with van der Waals surface area (Å²) in [6.07, 6.45) is 3.22. The molecule has 4 nitrogen and oxygen atoms in total. The number of anilines is 1. The van der Waals surface area contributed by atoms with Crippen molar-refractivity contribution in [1.82, 2.24) is 5.32 Å². The third-order valence-corrected chi connectivity index (χ3v) is 7.16. The van der Waals surface area contributed by atoms with E-state index in [-0.39, 0.29) is 11.9 Å². The highest BCUT2D eigenvalue weighted by Crippen LogP contribution is 2.36. The van der Waals surface area contributed by atoms with Crippen LogP contribution in [0, 0.1) is 6.92 Å². The normalized spacial score (nSPS) is 14.9. The van der Waals surface area contributed by atoms with Crippen LogP contribution in [-0.2, 0) is 11.0 Å². The van der Waals surface area contributed by atoms with Crippen LogP contribution in [0.3, 0.4) is 0 Å². The summed E-state index contributed by atoms with van der Waals surface area (Å²) in [5.41, 5.74) is 2.77. The molecule has 0 saturated heterocycles. The van der Waals surface area contributed by atoms with Crippen LogP contribution < -0.4 is 10.0 Å². The van der Waals surface area contributed by atoms with Crippen molar-refractivity contribution in [1.29, 1.82) is 0 Å². The molecule has 1 amide bonds. The minimum Gasteiger partial charge on any atom is -0.349 e. The van der Waals surface area contributed by atoms with Crippen LogP contribution in [0.15, 0.2) is 65.6 Å². The molecule has 1 atom stereocenters. The molecule has 1 aliphatic carbocycles. The lowest BCUT2D eigenvalue weighted by Gasteiger charge is -2.26. The van der Waals surface area contributed by atoms with Crippen molar-refractivity contribution in [2.24, 2.45) is 0 Å². The molecule has 0 bridgehead atoms. The van der Waals surface area contributed by atoms with E-state index in [0.717, 1.165) is 35.3 Å². The fourth-order valence-corrected chi connectivity index (χ4v) is 4.95. The van der Waals surface area contributed by atoms with Gasteiger partial charge in [-0.05, 0) is 49.9 Å². The van der Waals surface area contributed by atoms with Gasteiger partial charge in [-0.25, -0.2) is 4.21 Å². The van der Waals surface area contributed by atoms with E-state index in [1.165, 1.54) is 11.3 Å². The SMILES string of the molecule is Cc1ccc(S(=O)Nc2cc(-c3ccccc3)sc2C(=O)NC2CCC2)cc1. The highest BCUT2D eigenvalue weighted by Gasteiger charge is 2.24. The Hall–Kier alpha value is -2.44. The third-order valence-electron chi connectivity index (χ3n) is 4.87. The number of carbonyl (C=O) groups is 1. The van der Waals surface area contributed by atoms with Crippen molar-refractivity contribution in [2.45, 2.75) is 37.1 Å². The molecule has 28 heavy (non-hydrogen) atoms. The van der Waals surface area contributed by atoms with E-state index in [1.54, 1.807) is 0 Å². The summed E-state index contributed by atoms with van der Waals surface area (Å²) in [4.78, 5) is 15.1. The van der Waals surface area contributed by atoms with Gasteiger partial charge in [0, 0.05) is 10.9 Å². The van der Waals surface area contributed by atoms with Gasteiger partial charge in [0.2, 0.25) is 0 Å². The molecule has 2 N–H and O–H groups in total. The molecular weight excluding hydrogens is 388 g/mol. The third kappa shape index (κ3) is 4.18. The van der Waals surface area contributed by atoms with Crippen LogP contribution in [0.25, 0.3) is 10.4 Å². The molecule has 1 unspecified atom stereocenters. The Balaban J connectivity index is 1.63. The highest BCUT2D eigenvalue weighted by atomic mass is 32.2. The van der Waals surface area contributed by atoms with Crippen LogP contribution in [0.5, 0.6) is 0 Å². The average molecular weight is 411 g/mol. The number of hydrogen-bond acceptors (Lipinski definition) is 3. The number of nitrogens with one attached hydrogen (secondary N) is 2. The van der Waals surface area contributed by atoms with Crippen LogP contribution >= 0.6 is 11.3 Å². The molecule has 6 heteroatoms. The first-order chi connectivity index (χ1) is 13.6. The molecule has 1 aliphatic rings. The van der Waals surface area contributed by atoms with Crippen molar-refractivity contribution in [3.05, 3.63) is 71.1 Å². The molecule has 1 aromatic heterocycles. The van der Waals surface area contributed by atoms with Gasteiger partial charge in [0.1, 0.15) is 15.9 Å². The number of hydrogen-bond donors (Lipinski definition) is 2. The topological polar surface area (TPSA) is 58.2 Å². The molecule has 0 radical (unpaired) electrons. The zero-order valence-corrected chi connectivity index (χ0v) is 17.2. The van der Waals surface area contributed by atoms with Gasteiger partial charge in [0.05, 0.1) is 10.6 Å². The largest absolute Gasteiger partial charge is 0.349 e. The summed E-state index contributed by atoms with van der Waals surface area (Å²) in [5, 5.41) is 3.09. The Morgan fingerprint density at radius 1 is 1.07 bits per heavy atom. The van der Waals surface area contributed by atoms with Gasteiger partial charge < -0.3 is 5.32 Å². The lowest BCUT2D eigenvalue weighted by molar-refractivity contribution is 0.0922. The number of aryl methyl sites for hydroxylation is 1. The summed E-state index contributed by atoms with van der Waals surface area (Å²) in [5.74, 6) is -0.0970. The van der Waals surface area contributed by atoms with Crippen LogP contribution in [0.2, 0.25) is 0 Å². The van der Waals surface area contributed by atoms with Crippen molar-refractivity contribution >= 4 is 33.9 Å². The van der Waals surface area contributed by atoms with Crippen molar-refractivity contribution < 1.29 is 9.00 Å². The second-order valence-electron chi connectivity index (χ2n) is 7.00. The second-order valence-corrected chi connectivity index (χ2v) is 9.27. The summed E-state index contributed by atoms with van der Waals surface area (Å²) in [6.45, 7) is 1.99.